The second-order valence-electron chi connectivity index (χ2n) is 3.34. The van der Waals surface area contributed by atoms with Crippen LogP contribution >= 0.6 is 0 Å². The molecule has 0 unspecified atom stereocenters. The van der Waals surface area contributed by atoms with Crippen molar-refractivity contribution in [1.82, 2.24) is 4.98 Å². The lowest BCUT2D eigenvalue weighted by molar-refractivity contribution is 0.0693. The van der Waals surface area contributed by atoms with Gasteiger partial charge in [0.15, 0.2) is 0 Å². The lowest BCUT2D eigenvalue weighted by atomic mass is 10.0. The van der Waals surface area contributed by atoms with Crippen LogP contribution in [0.3, 0.4) is 0 Å². The average Bonchev–Trinajstić information content (AvgIpc) is 1.92. The molecule has 1 rings (SSSR count). The molecule has 12 heavy (non-hydrogen) atoms. The summed E-state index contributed by atoms with van der Waals surface area (Å²) in [7, 11) is 0. The second-order valence-corrected chi connectivity index (χ2v) is 3.34. The van der Waals surface area contributed by atoms with Crippen LogP contribution in [0, 0.1) is 12.7 Å². The predicted molar refractivity (Wildman–Crippen MR) is 44.2 cm³/mol. The smallest absolute Gasteiger partial charge is 0.147 e. The Labute approximate surface area is 71.1 Å². The summed E-state index contributed by atoms with van der Waals surface area (Å²) < 4.78 is 13.0. The summed E-state index contributed by atoms with van der Waals surface area (Å²) in [5.74, 6) is -0.465. The molecule has 0 aliphatic heterocycles. The molecule has 0 spiro atoms. The van der Waals surface area contributed by atoms with Gasteiger partial charge in [-0.2, -0.15) is 0 Å². The second kappa shape index (κ2) is 2.83. The highest BCUT2D eigenvalue weighted by atomic mass is 19.1. The van der Waals surface area contributed by atoms with E-state index in [1.807, 2.05) is 0 Å². The first kappa shape index (κ1) is 9.13. The van der Waals surface area contributed by atoms with Gasteiger partial charge in [0.1, 0.15) is 17.1 Å². The number of hydrogen-bond acceptors (Lipinski definition) is 2. The van der Waals surface area contributed by atoms with Crippen molar-refractivity contribution in [1.29, 1.82) is 0 Å². The highest BCUT2D eigenvalue weighted by molar-refractivity contribution is 5.17. The van der Waals surface area contributed by atoms with Gasteiger partial charge in [0.05, 0.1) is 0 Å². The normalized spacial score (nSPS) is 11.8. The Morgan fingerprint density at radius 1 is 1.42 bits per heavy atom. The Morgan fingerprint density at radius 2 is 2.00 bits per heavy atom. The number of aryl methyl sites for hydroxylation is 1. The Morgan fingerprint density at radius 3 is 2.42 bits per heavy atom. The van der Waals surface area contributed by atoms with Gasteiger partial charge < -0.3 is 5.11 Å². The summed E-state index contributed by atoms with van der Waals surface area (Å²) in [5.41, 5.74) is -0.410. The zero-order valence-corrected chi connectivity index (χ0v) is 7.43. The molecule has 1 N–H and O–H groups in total. The molecule has 0 atom stereocenters. The molecular weight excluding hydrogens is 157 g/mol. The monoisotopic (exact) mass is 169 g/mol. The number of pyridine rings is 1. The maximum atomic E-state index is 13.0. The molecule has 0 saturated carbocycles. The van der Waals surface area contributed by atoms with Crippen molar-refractivity contribution < 1.29 is 9.50 Å². The summed E-state index contributed by atoms with van der Waals surface area (Å²) in [5, 5.41) is 9.49. The Bertz CT molecular complexity index is 291. The van der Waals surface area contributed by atoms with Crippen LogP contribution in [0.1, 0.15) is 25.2 Å². The minimum absolute atomic E-state index is 0.0995. The fourth-order valence-corrected chi connectivity index (χ4v) is 0.969. The van der Waals surface area contributed by atoms with E-state index in [0.29, 0.717) is 5.69 Å². The van der Waals surface area contributed by atoms with Gasteiger partial charge in [-0.3, -0.25) is 4.98 Å². The first-order valence-corrected chi connectivity index (χ1v) is 3.77. The molecule has 0 saturated heterocycles. The minimum Gasteiger partial charge on any atom is -0.384 e. The van der Waals surface area contributed by atoms with Gasteiger partial charge in [0, 0.05) is 5.69 Å². The maximum absolute atomic E-state index is 13.0. The quantitative estimate of drug-likeness (QED) is 0.694. The van der Waals surface area contributed by atoms with Crippen molar-refractivity contribution >= 4 is 0 Å². The molecule has 1 heterocycles. The molecular formula is C9H12FNO. The molecule has 0 aliphatic rings. The van der Waals surface area contributed by atoms with Crippen LogP contribution in [0.5, 0.6) is 0 Å². The van der Waals surface area contributed by atoms with Gasteiger partial charge in [-0.1, -0.05) is 0 Å². The zero-order chi connectivity index (χ0) is 9.35. The van der Waals surface area contributed by atoms with Crippen molar-refractivity contribution in [3.63, 3.8) is 0 Å². The van der Waals surface area contributed by atoms with Crippen LogP contribution in [0.15, 0.2) is 12.1 Å². The molecule has 0 bridgehead atoms. The first-order valence-electron chi connectivity index (χ1n) is 3.77. The zero-order valence-electron chi connectivity index (χ0n) is 7.43. The topological polar surface area (TPSA) is 33.1 Å². The molecule has 1 aromatic heterocycles. The van der Waals surface area contributed by atoms with E-state index in [0.717, 1.165) is 0 Å². The minimum atomic E-state index is -1.21. The van der Waals surface area contributed by atoms with Gasteiger partial charge in [-0.05, 0) is 32.9 Å². The highest BCUT2D eigenvalue weighted by Crippen LogP contribution is 2.20. The van der Waals surface area contributed by atoms with E-state index in [9.17, 15) is 9.50 Å². The van der Waals surface area contributed by atoms with Gasteiger partial charge in [-0.25, -0.2) is 4.39 Å². The van der Waals surface area contributed by atoms with Crippen LogP contribution in [-0.4, -0.2) is 10.1 Å². The van der Waals surface area contributed by atoms with Gasteiger partial charge in [0.2, 0.25) is 0 Å². The lowest BCUT2D eigenvalue weighted by Crippen LogP contribution is -2.20. The molecule has 0 fully saturated rings. The first-order chi connectivity index (χ1) is 5.41. The van der Waals surface area contributed by atoms with E-state index in [4.69, 9.17) is 0 Å². The Balaban J connectivity index is 3.23. The summed E-state index contributed by atoms with van der Waals surface area (Å²) >= 11 is 0. The molecule has 2 nitrogen and oxygen atoms in total. The molecule has 3 heteroatoms. The highest BCUT2D eigenvalue weighted by Gasteiger charge is 2.22. The predicted octanol–water partition coefficient (Wildman–Crippen LogP) is 1.76. The fraction of sp³-hybridized carbons (Fsp3) is 0.444. The van der Waals surface area contributed by atoms with E-state index < -0.39 is 11.4 Å². The summed E-state index contributed by atoms with van der Waals surface area (Å²) in [6.45, 7) is 4.78. The summed E-state index contributed by atoms with van der Waals surface area (Å²) in [4.78, 5) is 3.92. The number of nitrogens with zero attached hydrogens (tertiary/aromatic N) is 1. The maximum Gasteiger partial charge on any atom is 0.147 e. The molecule has 0 aromatic carbocycles. The van der Waals surface area contributed by atoms with Crippen molar-refractivity contribution in [2.24, 2.45) is 0 Å². The van der Waals surface area contributed by atoms with Crippen molar-refractivity contribution in [2.75, 3.05) is 0 Å². The number of hydrogen-bond donors (Lipinski definition) is 1. The number of rotatable bonds is 1. The molecule has 0 amide bonds. The lowest BCUT2D eigenvalue weighted by Gasteiger charge is -2.17. The molecule has 1 aromatic rings. The average molecular weight is 169 g/mol. The van der Waals surface area contributed by atoms with Crippen LogP contribution in [0.4, 0.5) is 4.39 Å². The largest absolute Gasteiger partial charge is 0.384 e. The van der Waals surface area contributed by atoms with Crippen molar-refractivity contribution in [3.05, 3.63) is 29.3 Å². The van der Waals surface area contributed by atoms with E-state index in [1.165, 1.54) is 19.9 Å². The standard InChI is InChI=1S/C9H12FNO/c1-6-4-5-7(10)8(11-6)9(2,3)12/h4-5,12H,1-3H3. The molecule has 66 valence electrons. The van der Waals surface area contributed by atoms with Crippen molar-refractivity contribution in [3.8, 4) is 0 Å². The number of aromatic nitrogens is 1. The SMILES string of the molecule is Cc1ccc(F)c(C(C)(C)O)n1. The van der Waals surface area contributed by atoms with Crippen LogP contribution in [-0.2, 0) is 5.60 Å². The van der Waals surface area contributed by atoms with E-state index in [1.54, 1.807) is 13.0 Å². The van der Waals surface area contributed by atoms with Crippen LogP contribution < -0.4 is 0 Å². The van der Waals surface area contributed by atoms with Gasteiger partial charge in [0.25, 0.3) is 0 Å². The Hall–Kier alpha value is -0.960. The third-order valence-corrected chi connectivity index (χ3v) is 1.56. The van der Waals surface area contributed by atoms with Crippen molar-refractivity contribution in [2.45, 2.75) is 26.4 Å². The summed E-state index contributed by atoms with van der Waals surface area (Å²) in [6, 6.07) is 2.89. The van der Waals surface area contributed by atoms with E-state index in [2.05, 4.69) is 4.98 Å². The molecule has 0 radical (unpaired) electrons. The summed E-state index contributed by atoms with van der Waals surface area (Å²) in [6.07, 6.45) is 0. The van der Waals surface area contributed by atoms with Gasteiger partial charge in [-0.15, -0.1) is 0 Å². The van der Waals surface area contributed by atoms with Crippen LogP contribution in [0.2, 0.25) is 0 Å². The number of halogens is 1. The van der Waals surface area contributed by atoms with Crippen LogP contribution in [0.25, 0.3) is 0 Å². The van der Waals surface area contributed by atoms with E-state index >= 15 is 0 Å². The number of aliphatic hydroxyl groups is 1. The molecule has 0 aliphatic carbocycles. The third-order valence-electron chi connectivity index (χ3n) is 1.56. The third kappa shape index (κ3) is 1.80. The van der Waals surface area contributed by atoms with Gasteiger partial charge >= 0.3 is 0 Å². The van der Waals surface area contributed by atoms with E-state index in [-0.39, 0.29) is 5.69 Å². The Kier molecular flexibility index (Phi) is 2.15. The fourth-order valence-electron chi connectivity index (χ4n) is 0.969.